The van der Waals surface area contributed by atoms with E-state index in [2.05, 4.69) is 10.6 Å². The Kier molecular flexibility index (Phi) is 5.16. The van der Waals surface area contributed by atoms with Crippen LogP contribution < -0.4 is 10.6 Å². The number of aliphatic hydroxyl groups is 1. The minimum atomic E-state index is -0.568. The molecule has 100 valence electrons. The molecule has 0 saturated heterocycles. The monoisotopic (exact) mass is 250 g/mol. The second-order valence-corrected chi connectivity index (χ2v) is 4.86. The first kappa shape index (κ1) is 14.5. The molecular weight excluding hydrogens is 228 g/mol. The number of para-hydroxylation sites is 1. The molecule has 3 N–H and O–H groups in total. The lowest BCUT2D eigenvalue weighted by molar-refractivity contribution is 0.167. The first-order valence-electron chi connectivity index (χ1n) is 6.26. The Morgan fingerprint density at radius 1 is 1.39 bits per heavy atom. The highest BCUT2D eigenvalue weighted by Crippen LogP contribution is 2.15. The number of amides is 2. The number of carbonyl (C=O) groups excluding carboxylic acids is 1. The van der Waals surface area contributed by atoms with Crippen molar-refractivity contribution in [3.63, 3.8) is 0 Å². The Hall–Kier alpha value is -1.55. The Balaban J connectivity index is 2.64. The van der Waals surface area contributed by atoms with Crippen LogP contribution in [0.5, 0.6) is 0 Å². The fraction of sp³-hybridized carbons (Fsp3) is 0.500. The molecule has 0 saturated carbocycles. The number of aryl methyl sites for hydroxylation is 1. The average molecular weight is 250 g/mol. The number of benzene rings is 1. The zero-order valence-electron chi connectivity index (χ0n) is 11.3. The summed E-state index contributed by atoms with van der Waals surface area (Å²) in [5.41, 5.74) is 1.22. The molecule has 18 heavy (non-hydrogen) atoms. The molecule has 1 aromatic rings. The molecule has 0 fully saturated rings. The van der Waals surface area contributed by atoms with E-state index in [-0.39, 0.29) is 12.6 Å². The SMILES string of the molecule is CCCC(C)(CO)NC(=O)Nc1ccccc1C. The Morgan fingerprint density at radius 3 is 2.61 bits per heavy atom. The third-order valence-electron chi connectivity index (χ3n) is 2.96. The summed E-state index contributed by atoms with van der Waals surface area (Å²) in [6.07, 6.45) is 1.65. The zero-order valence-corrected chi connectivity index (χ0v) is 11.3. The maximum atomic E-state index is 11.9. The van der Waals surface area contributed by atoms with Gasteiger partial charge in [-0.25, -0.2) is 4.79 Å². The van der Waals surface area contributed by atoms with E-state index in [1.165, 1.54) is 0 Å². The van der Waals surface area contributed by atoms with Gasteiger partial charge in [0.25, 0.3) is 0 Å². The van der Waals surface area contributed by atoms with E-state index in [0.29, 0.717) is 0 Å². The highest BCUT2D eigenvalue weighted by Gasteiger charge is 2.24. The lowest BCUT2D eigenvalue weighted by Crippen LogP contribution is -2.50. The summed E-state index contributed by atoms with van der Waals surface area (Å²) in [5.74, 6) is 0. The summed E-state index contributed by atoms with van der Waals surface area (Å²) < 4.78 is 0. The normalized spacial score (nSPS) is 13.8. The molecule has 0 aromatic heterocycles. The summed E-state index contributed by atoms with van der Waals surface area (Å²) in [6.45, 7) is 5.73. The van der Waals surface area contributed by atoms with Crippen molar-refractivity contribution in [2.75, 3.05) is 11.9 Å². The van der Waals surface area contributed by atoms with Gasteiger partial charge in [0.2, 0.25) is 0 Å². The molecule has 0 aliphatic rings. The smallest absolute Gasteiger partial charge is 0.319 e. The molecule has 4 nitrogen and oxygen atoms in total. The van der Waals surface area contributed by atoms with Gasteiger partial charge in [0.05, 0.1) is 12.1 Å². The van der Waals surface area contributed by atoms with Gasteiger partial charge >= 0.3 is 6.03 Å². The largest absolute Gasteiger partial charge is 0.394 e. The van der Waals surface area contributed by atoms with Crippen LogP contribution in [0.25, 0.3) is 0 Å². The number of nitrogens with one attached hydrogen (secondary N) is 2. The van der Waals surface area contributed by atoms with Crippen molar-refractivity contribution in [3.05, 3.63) is 29.8 Å². The van der Waals surface area contributed by atoms with Crippen molar-refractivity contribution in [3.8, 4) is 0 Å². The number of anilines is 1. The van der Waals surface area contributed by atoms with E-state index in [1.54, 1.807) is 0 Å². The molecule has 0 spiro atoms. The van der Waals surface area contributed by atoms with Crippen LogP contribution in [0.3, 0.4) is 0 Å². The van der Waals surface area contributed by atoms with Crippen LogP contribution in [-0.4, -0.2) is 23.3 Å². The second-order valence-electron chi connectivity index (χ2n) is 4.86. The first-order valence-corrected chi connectivity index (χ1v) is 6.26. The lowest BCUT2D eigenvalue weighted by atomic mass is 9.98. The fourth-order valence-corrected chi connectivity index (χ4v) is 1.87. The fourth-order valence-electron chi connectivity index (χ4n) is 1.87. The van der Waals surface area contributed by atoms with Gasteiger partial charge in [0, 0.05) is 5.69 Å². The Labute approximate surface area is 108 Å². The van der Waals surface area contributed by atoms with Gasteiger partial charge in [0.15, 0.2) is 0 Å². The van der Waals surface area contributed by atoms with E-state index < -0.39 is 5.54 Å². The average Bonchev–Trinajstić information content (AvgIpc) is 2.32. The summed E-state index contributed by atoms with van der Waals surface area (Å²) in [5, 5.41) is 15.0. The predicted molar refractivity (Wildman–Crippen MR) is 73.7 cm³/mol. The van der Waals surface area contributed by atoms with Crippen LogP contribution >= 0.6 is 0 Å². The van der Waals surface area contributed by atoms with Crippen molar-refractivity contribution in [2.24, 2.45) is 0 Å². The lowest BCUT2D eigenvalue weighted by Gasteiger charge is -2.28. The van der Waals surface area contributed by atoms with E-state index in [9.17, 15) is 9.90 Å². The van der Waals surface area contributed by atoms with E-state index >= 15 is 0 Å². The van der Waals surface area contributed by atoms with Crippen LogP contribution in [0.1, 0.15) is 32.3 Å². The van der Waals surface area contributed by atoms with Crippen molar-refractivity contribution in [2.45, 2.75) is 39.2 Å². The van der Waals surface area contributed by atoms with Gasteiger partial charge in [-0.2, -0.15) is 0 Å². The quantitative estimate of drug-likeness (QED) is 0.752. The Bertz CT molecular complexity index is 407. The first-order chi connectivity index (χ1) is 8.50. The molecule has 0 bridgehead atoms. The maximum Gasteiger partial charge on any atom is 0.319 e. The summed E-state index contributed by atoms with van der Waals surface area (Å²) >= 11 is 0. The minimum Gasteiger partial charge on any atom is -0.394 e. The molecule has 4 heteroatoms. The molecule has 1 unspecified atom stereocenters. The molecule has 1 atom stereocenters. The van der Waals surface area contributed by atoms with Crippen molar-refractivity contribution in [1.82, 2.24) is 5.32 Å². The third-order valence-corrected chi connectivity index (χ3v) is 2.96. The number of urea groups is 1. The molecule has 0 aliphatic carbocycles. The van der Waals surface area contributed by atoms with Gasteiger partial charge < -0.3 is 15.7 Å². The summed E-state index contributed by atoms with van der Waals surface area (Å²) in [7, 11) is 0. The molecule has 0 radical (unpaired) electrons. The van der Waals surface area contributed by atoms with Gasteiger partial charge in [-0.3, -0.25) is 0 Å². The number of aliphatic hydroxyl groups excluding tert-OH is 1. The van der Waals surface area contributed by atoms with Crippen molar-refractivity contribution < 1.29 is 9.90 Å². The molecule has 1 aromatic carbocycles. The standard InChI is InChI=1S/C14H22N2O2/c1-4-9-14(3,10-17)16-13(18)15-12-8-6-5-7-11(12)2/h5-8,17H,4,9-10H2,1-3H3,(H2,15,16,18). The van der Waals surface area contributed by atoms with E-state index in [0.717, 1.165) is 24.1 Å². The second kappa shape index (κ2) is 6.40. The summed E-state index contributed by atoms with van der Waals surface area (Å²) in [4.78, 5) is 11.9. The molecule has 0 aliphatic heterocycles. The highest BCUT2D eigenvalue weighted by molar-refractivity contribution is 5.90. The minimum absolute atomic E-state index is 0.0674. The third kappa shape index (κ3) is 4.04. The number of hydrogen-bond acceptors (Lipinski definition) is 2. The Morgan fingerprint density at radius 2 is 2.06 bits per heavy atom. The van der Waals surface area contributed by atoms with Gasteiger partial charge in [-0.1, -0.05) is 31.5 Å². The van der Waals surface area contributed by atoms with Crippen molar-refractivity contribution >= 4 is 11.7 Å². The number of hydrogen-bond donors (Lipinski definition) is 3. The van der Waals surface area contributed by atoms with Crippen LogP contribution in [0.4, 0.5) is 10.5 Å². The van der Waals surface area contributed by atoms with Crippen molar-refractivity contribution in [1.29, 1.82) is 0 Å². The number of carbonyl (C=O) groups is 1. The highest BCUT2D eigenvalue weighted by atomic mass is 16.3. The van der Waals surface area contributed by atoms with Gasteiger partial charge in [-0.15, -0.1) is 0 Å². The topological polar surface area (TPSA) is 61.4 Å². The van der Waals surface area contributed by atoms with Gasteiger partial charge in [-0.05, 0) is 31.9 Å². The van der Waals surface area contributed by atoms with Crippen LogP contribution in [0.2, 0.25) is 0 Å². The molecule has 0 heterocycles. The zero-order chi connectivity index (χ0) is 13.6. The molecule has 2 amide bonds. The van der Waals surface area contributed by atoms with Gasteiger partial charge in [0.1, 0.15) is 0 Å². The molecular formula is C14H22N2O2. The summed E-state index contributed by atoms with van der Waals surface area (Å²) in [6, 6.07) is 7.31. The van der Waals surface area contributed by atoms with Crippen LogP contribution in [0, 0.1) is 6.92 Å². The maximum absolute atomic E-state index is 11.9. The number of rotatable bonds is 5. The molecule has 1 rings (SSSR count). The van der Waals surface area contributed by atoms with Crippen LogP contribution in [-0.2, 0) is 0 Å². The van der Waals surface area contributed by atoms with E-state index in [4.69, 9.17) is 0 Å². The van der Waals surface area contributed by atoms with Crippen LogP contribution in [0.15, 0.2) is 24.3 Å². The predicted octanol–water partition coefficient (Wildman–Crippen LogP) is 2.67. The van der Waals surface area contributed by atoms with E-state index in [1.807, 2.05) is 45.0 Å².